The van der Waals surface area contributed by atoms with Gasteiger partial charge >= 0.3 is 5.97 Å². The van der Waals surface area contributed by atoms with Crippen molar-refractivity contribution in [2.75, 3.05) is 6.61 Å². The van der Waals surface area contributed by atoms with Gasteiger partial charge in [0.25, 0.3) is 0 Å². The van der Waals surface area contributed by atoms with Gasteiger partial charge in [-0.15, -0.1) is 0 Å². The summed E-state index contributed by atoms with van der Waals surface area (Å²) in [6.07, 6.45) is 2.08. The first kappa shape index (κ1) is 10.1. The van der Waals surface area contributed by atoms with E-state index in [1.54, 1.807) is 12.3 Å². The van der Waals surface area contributed by atoms with Crippen LogP contribution in [0.15, 0.2) is 18.3 Å². The van der Waals surface area contributed by atoms with E-state index in [0.29, 0.717) is 18.7 Å². The molecule has 4 nitrogen and oxygen atoms in total. The lowest BCUT2D eigenvalue weighted by molar-refractivity contribution is 0.0695. The van der Waals surface area contributed by atoms with Gasteiger partial charge in [-0.1, -0.05) is 0 Å². The average molecular weight is 199 g/mol. The maximum absolute atomic E-state index is 10.7. The normalized spacial score (nSPS) is 9.92. The van der Waals surface area contributed by atoms with Crippen LogP contribution in [-0.2, 0) is 10.9 Å². The Morgan fingerprint density at radius 1 is 1.69 bits per heavy atom. The van der Waals surface area contributed by atoms with E-state index in [1.807, 2.05) is 0 Å². The van der Waals surface area contributed by atoms with E-state index in [2.05, 4.69) is 14.5 Å². The average Bonchev–Trinajstić information content (AvgIpc) is 2.15. The van der Waals surface area contributed by atoms with Crippen LogP contribution >= 0.6 is 9.47 Å². The van der Waals surface area contributed by atoms with Gasteiger partial charge in [0.15, 0.2) is 0 Å². The van der Waals surface area contributed by atoms with E-state index in [1.165, 1.54) is 6.07 Å². The number of hydrogen-bond acceptors (Lipinski definition) is 3. The number of aromatic carboxylic acids is 1. The largest absolute Gasteiger partial charge is 0.478 e. The first-order chi connectivity index (χ1) is 6.25. The molecular weight excluding hydrogens is 189 g/mol. The van der Waals surface area contributed by atoms with E-state index in [0.717, 1.165) is 0 Å². The zero-order valence-electron chi connectivity index (χ0n) is 6.93. The maximum atomic E-state index is 10.7. The number of rotatable bonds is 4. The molecule has 0 aliphatic carbocycles. The summed E-state index contributed by atoms with van der Waals surface area (Å²) in [7, 11) is 2.12. The quantitative estimate of drug-likeness (QED) is 0.738. The molecule has 13 heavy (non-hydrogen) atoms. The summed E-state index contributed by atoms with van der Waals surface area (Å²) in [6.45, 7) is 0.446. The van der Waals surface area contributed by atoms with Crippen molar-refractivity contribution in [3.05, 3.63) is 29.6 Å². The maximum Gasteiger partial charge on any atom is 0.337 e. The van der Waals surface area contributed by atoms with Crippen molar-refractivity contribution in [1.82, 2.24) is 4.98 Å². The van der Waals surface area contributed by atoms with E-state index >= 15 is 0 Å². The van der Waals surface area contributed by atoms with Gasteiger partial charge in [-0.25, -0.2) is 4.79 Å². The molecule has 0 aliphatic rings. The van der Waals surface area contributed by atoms with Crippen LogP contribution in [0.25, 0.3) is 0 Å². The van der Waals surface area contributed by atoms with E-state index < -0.39 is 5.97 Å². The predicted molar refractivity (Wildman–Crippen MR) is 50.6 cm³/mol. The summed E-state index contributed by atoms with van der Waals surface area (Å²) >= 11 is 0. The fourth-order valence-electron chi connectivity index (χ4n) is 0.988. The highest BCUT2D eigenvalue weighted by molar-refractivity contribution is 7.09. The highest BCUT2D eigenvalue weighted by Crippen LogP contribution is 2.06. The van der Waals surface area contributed by atoms with Crippen molar-refractivity contribution in [3.8, 4) is 0 Å². The molecule has 0 bridgehead atoms. The van der Waals surface area contributed by atoms with Crippen LogP contribution in [0.2, 0.25) is 0 Å². The minimum absolute atomic E-state index is 0.240. The molecule has 0 fully saturated rings. The second kappa shape index (κ2) is 4.90. The Balaban J connectivity index is 2.84. The Morgan fingerprint density at radius 2 is 2.46 bits per heavy atom. The van der Waals surface area contributed by atoms with Gasteiger partial charge in [0.1, 0.15) is 0 Å². The van der Waals surface area contributed by atoms with Crippen LogP contribution in [0.1, 0.15) is 16.1 Å². The lowest BCUT2D eigenvalue weighted by Gasteiger charge is -2.02. The smallest absolute Gasteiger partial charge is 0.337 e. The summed E-state index contributed by atoms with van der Waals surface area (Å²) in [6, 6.07) is 3.14. The third-order valence-electron chi connectivity index (χ3n) is 1.58. The van der Waals surface area contributed by atoms with Gasteiger partial charge in [-0.05, 0) is 12.1 Å². The van der Waals surface area contributed by atoms with Gasteiger partial charge in [0.2, 0.25) is 0 Å². The first-order valence-corrected chi connectivity index (χ1v) is 4.21. The monoisotopic (exact) mass is 199 g/mol. The molecule has 1 aromatic heterocycles. The van der Waals surface area contributed by atoms with Crippen LogP contribution in [0.5, 0.6) is 0 Å². The zero-order chi connectivity index (χ0) is 9.68. The molecular formula is C8H10NO3P. The molecule has 1 unspecified atom stereocenters. The number of carboxylic acids is 1. The van der Waals surface area contributed by atoms with Crippen molar-refractivity contribution in [2.45, 2.75) is 6.42 Å². The van der Waals surface area contributed by atoms with Crippen molar-refractivity contribution in [3.63, 3.8) is 0 Å². The Bertz CT molecular complexity index is 303. The van der Waals surface area contributed by atoms with Crippen LogP contribution in [-0.4, -0.2) is 22.7 Å². The summed E-state index contributed by atoms with van der Waals surface area (Å²) in [5, 5.41) is 8.78. The molecule has 5 heteroatoms. The molecule has 0 spiro atoms. The number of hydrogen-bond donors (Lipinski definition) is 1. The van der Waals surface area contributed by atoms with Crippen molar-refractivity contribution in [1.29, 1.82) is 0 Å². The number of nitrogens with zero attached hydrogens (tertiary/aromatic N) is 1. The van der Waals surface area contributed by atoms with Crippen molar-refractivity contribution < 1.29 is 14.4 Å². The van der Waals surface area contributed by atoms with Gasteiger partial charge in [-0.2, -0.15) is 0 Å². The molecule has 70 valence electrons. The first-order valence-electron chi connectivity index (χ1n) is 3.74. The van der Waals surface area contributed by atoms with Crippen LogP contribution in [0.4, 0.5) is 0 Å². The Hall–Kier alpha value is -0.990. The van der Waals surface area contributed by atoms with E-state index in [-0.39, 0.29) is 5.56 Å². The molecule has 0 amide bonds. The fourth-order valence-corrected chi connectivity index (χ4v) is 1.11. The summed E-state index contributed by atoms with van der Waals surface area (Å²) in [5.41, 5.74) is 0.794. The minimum atomic E-state index is -0.952. The van der Waals surface area contributed by atoms with Crippen molar-refractivity contribution in [2.24, 2.45) is 0 Å². The summed E-state index contributed by atoms with van der Waals surface area (Å²) in [4.78, 5) is 14.7. The lowest BCUT2D eigenvalue weighted by Crippen LogP contribution is -2.06. The minimum Gasteiger partial charge on any atom is -0.478 e. The van der Waals surface area contributed by atoms with Gasteiger partial charge in [0, 0.05) is 22.1 Å². The number of carbonyl (C=O) groups is 1. The fraction of sp³-hybridized carbons (Fsp3) is 0.250. The molecule has 0 aliphatic heterocycles. The summed E-state index contributed by atoms with van der Waals surface area (Å²) in [5.74, 6) is -0.952. The second-order valence-electron chi connectivity index (χ2n) is 2.42. The molecule has 1 atom stereocenters. The molecule has 0 aromatic carbocycles. The topological polar surface area (TPSA) is 59.4 Å². The Kier molecular flexibility index (Phi) is 3.80. The van der Waals surface area contributed by atoms with E-state index in [9.17, 15) is 4.79 Å². The van der Waals surface area contributed by atoms with Crippen LogP contribution in [0, 0.1) is 0 Å². The van der Waals surface area contributed by atoms with Crippen LogP contribution < -0.4 is 0 Å². The Labute approximate surface area is 78.2 Å². The van der Waals surface area contributed by atoms with E-state index in [4.69, 9.17) is 9.63 Å². The third kappa shape index (κ3) is 2.76. The highest BCUT2D eigenvalue weighted by atomic mass is 31.0. The number of pyridine rings is 1. The molecule has 1 aromatic rings. The highest BCUT2D eigenvalue weighted by Gasteiger charge is 2.09. The molecule has 1 heterocycles. The second-order valence-corrected chi connectivity index (χ2v) is 2.76. The summed E-state index contributed by atoms with van der Waals surface area (Å²) < 4.78 is 4.76. The molecule has 0 saturated heterocycles. The van der Waals surface area contributed by atoms with Gasteiger partial charge in [0.05, 0.1) is 17.9 Å². The van der Waals surface area contributed by atoms with Gasteiger partial charge < -0.3 is 9.63 Å². The third-order valence-corrected chi connectivity index (χ3v) is 1.81. The Morgan fingerprint density at radius 3 is 3.08 bits per heavy atom. The lowest BCUT2D eigenvalue weighted by atomic mass is 10.1. The van der Waals surface area contributed by atoms with Crippen molar-refractivity contribution >= 4 is 15.4 Å². The zero-order valence-corrected chi connectivity index (χ0v) is 8.09. The molecule has 1 N–H and O–H groups in total. The molecule has 0 saturated carbocycles. The standard InChI is InChI=1S/C8H10NO3P/c10-8(11)6-2-1-4-9-7(6)3-5-12-13/h1-2,4H,3,5,13H2,(H,10,11). The van der Waals surface area contributed by atoms with Crippen LogP contribution in [0.3, 0.4) is 0 Å². The van der Waals surface area contributed by atoms with Gasteiger partial charge in [-0.3, -0.25) is 4.98 Å². The predicted octanol–water partition coefficient (Wildman–Crippen LogP) is 1.13. The SMILES string of the molecule is O=C(O)c1cccnc1CCOP. The number of carboxylic acid groups (broad SMARTS) is 1. The molecule has 0 radical (unpaired) electrons. The molecule has 1 rings (SSSR count). The number of aromatic nitrogens is 1.